The number of nitriles is 1. The van der Waals surface area contributed by atoms with Gasteiger partial charge in [-0.05, 0) is 55.3 Å². The standard InChI is InChI=1S/C27H21N2O/c1-17-9-10-25(29(3)16-17)21-14-26-23(11-18(21)2)24-13-19(15-28)12-22(27(24)30-26)20-7-5-4-6-8-20/h4-14,16H,1-3H3/q+1. The van der Waals surface area contributed by atoms with E-state index < -0.39 is 0 Å². The normalized spacial score (nSPS) is 11.1. The second-order valence-electron chi connectivity index (χ2n) is 7.85. The fraction of sp³-hybridized carbons (Fsp3) is 0.111. The molecule has 0 aliphatic heterocycles. The van der Waals surface area contributed by atoms with Crippen molar-refractivity contribution in [2.45, 2.75) is 13.8 Å². The Morgan fingerprint density at radius 3 is 2.40 bits per heavy atom. The lowest BCUT2D eigenvalue weighted by molar-refractivity contribution is -0.660. The van der Waals surface area contributed by atoms with Crippen molar-refractivity contribution in [2.75, 3.05) is 0 Å². The fourth-order valence-electron chi connectivity index (χ4n) is 4.23. The largest absolute Gasteiger partial charge is 0.455 e. The number of nitrogens with zero attached hydrogens (tertiary/aromatic N) is 2. The second-order valence-corrected chi connectivity index (χ2v) is 7.85. The highest BCUT2D eigenvalue weighted by molar-refractivity contribution is 6.11. The molecular formula is C27H21N2O+. The number of aromatic nitrogens is 1. The highest BCUT2D eigenvalue weighted by atomic mass is 16.3. The summed E-state index contributed by atoms with van der Waals surface area (Å²) in [6.45, 7) is 4.22. The van der Waals surface area contributed by atoms with Crippen LogP contribution < -0.4 is 4.57 Å². The molecule has 0 unspecified atom stereocenters. The average Bonchev–Trinajstić information content (AvgIpc) is 3.10. The second kappa shape index (κ2) is 6.86. The summed E-state index contributed by atoms with van der Waals surface area (Å²) in [5.41, 5.74) is 8.96. The van der Waals surface area contributed by atoms with Gasteiger partial charge in [0, 0.05) is 28.0 Å². The summed E-state index contributed by atoms with van der Waals surface area (Å²) in [5.74, 6) is 0. The van der Waals surface area contributed by atoms with Crippen molar-refractivity contribution in [3.05, 3.63) is 89.6 Å². The molecule has 0 saturated carbocycles. The van der Waals surface area contributed by atoms with Gasteiger partial charge in [0.1, 0.15) is 18.2 Å². The molecule has 5 aromatic rings. The molecule has 3 aromatic carbocycles. The van der Waals surface area contributed by atoms with Crippen molar-refractivity contribution in [1.29, 1.82) is 5.26 Å². The molecule has 0 spiro atoms. The molecule has 30 heavy (non-hydrogen) atoms. The summed E-state index contributed by atoms with van der Waals surface area (Å²) in [6.07, 6.45) is 2.13. The minimum atomic E-state index is 0.635. The number of pyridine rings is 1. The molecule has 0 bridgehead atoms. The van der Waals surface area contributed by atoms with Crippen molar-refractivity contribution < 1.29 is 8.98 Å². The SMILES string of the molecule is Cc1ccc(-c2cc3oc4c(-c5ccccc5)cc(C#N)cc4c3cc2C)[n+](C)c1. The van der Waals surface area contributed by atoms with E-state index >= 15 is 0 Å². The maximum atomic E-state index is 9.59. The average molecular weight is 389 g/mol. The van der Waals surface area contributed by atoms with Crippen LogP contribution in [0.25, 0.3) is 44.3 Å². The Hall–Kier alpha value is -3.90. The Morgan fingerprint density at radius 2 is 1.67 bits per heavy atom. The van der Waals surface area contributed by atoms with E-state index in [1.807, 2.05) is 42.5 Å². The number of aryl methyl sites for hydroxylation is 3. The Balaban J connectivity index is 1.82. The van der Waals surface area contributed by atoms with Gasteiger partial charge >= 0.3 is 0 Å². The van der Waals surface area contributed by atoms with Gasteiger partial charge in [-0.3, -0.25) is 0 Å². The molecule has 0 saturated heterocycles. The number of furan rings is 1. The smallest absolute Gasteiger partial charge is 0.212 e. The first-order valence-corrected chi connectivity index (χ1v) is 9.98. The zero-order valence-corrected chi connectivity index (χ0v) is 17.2. The third kappa shape index (κ3) is 2.86. The lowest BCUT2D eigenvalue weighted by atomic mass is 9.97. The molecule has 0 aliphatic rings. The van der Waals surface area contributed by atoms with Gasteiger partial charge in [0.2, 0.25) is 5.69 Å². The summed E-state index contributed by atoms with van der Waals surface area (Å²) in [7, 11) is 2.07. The van der Waals surface area contributed by atoms with Gasteiger partial charge in [-0.1, -0.05) is 30.3 Å². The maximum absolute atomic E-state index is 9.59. The third-order valence-corrected chi connectivity index (χ3v) is 5.69. The van der Waals surface area contributed by atoms with Crippen LogP contribution in [-0.4, -0.2) is 0 Å². The monoisotopic (exact) mass is 389 g/mol. The van der Waals surface area contributed by atoms with Gasteiger partial charge in [-0.2, -0.15) is 5.26 Å². The number of fused-ring (bicyclic) bond motifs is 3. The minimum absolute atomic E-state index is 0.635. The van der Waals surface area contributed by atoms with E-state index in [4.69, 9.17) is 4.42 Å². The van der Waals surface area contributed by atoms with Crippen LogP contribution >= 0.6 is 0 Å². The molecule has 0 radical (unpaired) electrons. The first kappa shape index (κ1) is 18.1. The first-order chi connectivity index (χ1) is 14.5. The topological polar surface area (TPSA) is 40.8 Å². The van der Waals surface area contributed by atoms with Gasteiger partial charge in [0.05, 0.1) is 17.2 Å². The highest BCUT2D eigenvalue weighted by Gasteiger charge is 2.19. The van der Waals surface area contributed by atoms with Crippen LogP contribution in [-0.2, 0) is 7.05 Å². The zero-order valence-electron chi connectivity index (χ0n) is 17.2. The van der Waals surface area contributed by atoms with Gasteiger partial charge in [-0.15, -0.1) is 0 Å². The summed E-state index contributed by atoms with van der Waals surface area (Å²) in [5, 5.41) is 11.6. The van der Waals surface area contributed by atoms with Crippen LogP contribution in [0, 0.1) is 25.2 Å². The van der Waals surface area contributed by atoms with Crippen molar-refractivity contribution in [2.24, 2.45) is 7.05 Å². The van der Waals surface area contributed by atoms with E-state index in [-0.39, 0.29) is 0 Å². The van der Waals surface area contributed by atoms with E-state index in [2.05, 4.69) is 62.0 Å². The molecule has 0 aliphatic carbocycles. The van der Waals surface area contributed by atoms with Crippen molar-refractivity contribution in [3.63, 3.8) is 0 Å². The van der Waals surface area contributed by atoms with E-state index in [0.29, 0.717) is 5.56 Å². The van der Waals surface area contributed by atoms with Crippen molar-refractivity contribution >= 4 is 21.9 Å². The Morgan fingerprint density at radius 1 is 0.867 bits per heavy atom. The maximum Gasteiger partial charge on any atom is 0.212 e. The minimum Gasteiger partial charge on any atom is -0.455 e. The summed E-state index contributed by atoms with van der Waals surface area (Å²) in [6, 6.07) is 24.8. The summed E-state index contributed by atoms with van der Waals surface area (Å²) >= 11 is 0. The molecule has 3 heteroatoms. The number of hydrogen-bond donors (Lipinski definition) is 0. The quantitative estimate of drug-likeness (QED) is 0.336. The predicted molar refractivity (Wildman–Crippen MR) is 120 cm³/mol. The van der Waals surface area contributed by atoms with Gasteiger partial charge < -0.3 is 4.42 Å². The Bertz CT molecular complexity index is 1470. The molecule has 0 atom stereocenters. The van der Waals surface area contributed by atoms with E-state index in [1.165, 1.54) is 11.1 Å². The summed E-state index contributed by atoms with van der Waals surface area (Å²) < 4.78 is 8.55. The van der Waals surface area contributed by atoms with Crippen LogP contribution in [0.2, 0.25) is 0 Å². The molecule has 144 valence electrons. The Labute approximate surface area is 175 Å². The molecule has 3 nitrogen and oxygen atoms in total. The van der Waals surface area contributed by atoms with E-state index in [9.17, 15) is 5.26 Å². The van der Waals surface area contributed by atoms with Gasteiger partial charge in [-0.25, -0.2) is 4.57 Å². The fourth-order valence-corrected chi connectivity index (χ4v) is 4.23. The van der Waals surface area contributed by atoms with Crippen molar-refractivity contribution in [1.82, 2.24) is 0 Å². The van der Waals surface area contributed by atoms with E-state index in [0.717, 1.165) is 44.3 Å². The number of rotatable bonds is 2. The molecule has 2 aromatic heterocycles. The van der Waals surface area contributed by atoms with Crippen LogP contribution in [0.1, 0.15) is 16.7 Å². The van der Waals surface area contributed by atoms with E-state index in [1.54, 1.807) is 0 Å². The number of hydrogen-bond acceptors (Lipinski definition) is 2. The molecular weight excluding hydrogens is 368 g/mol. The number of benzene rings is 3. The predicted octanol–water partition coefficient (Wildman–Crippen LogP) is 6.23. The third-order valence-electron chi connectivity index (χ3n) is 5.69. The Kier molecular flexibility index (Phi) is 4.15. The van der Waals surface area contributed by atoms with Gasteiger partial charge in [0.15, 0.2) is 6.20 Å². The van der Waals surface area contributed by atoms with Gasteiger partial charge in [0.25, 0.3) is 0 Å². The molecule has 0 fully saturated rings. The zero-order chi connectivity index (χ0) is 20.8. The van der Waals surface area contributed by atoms with Crippen LogP contribution in [0.5, 0.6) is 0 Å². The molecule has 0 amide bonds. The summed E-state index contributed by atoms with van der Waals surface area (Å²) in [4.78, 5) is 0. The first-order valence-electron chi connectivity index (χ1n) is 9.98. The van der Waals surface area contributed by atoms with Crippen molar-refractivity contribution in [3.8, 4) is 28.5 Å². The molecule has 0 N–H and O–H groups in total. The molecule has 5 rings (SSSR count). The lowest BCUT2D eigenvalue weighted by Crippen LogP contribution is -2.31. The highest BCUT2D eigenvalue weighted by Crippen LogP contribution is 2.39. The van der Waals surface area contributed by atoms with Crippen LogP contribution in [0.4, 0.5) is 0 Å². The van der Waals surface area contributed by atoms with Crippen LogP contribution in [0.3, 0.4) is 0 Å². The van der Waals surface area contributed by atoms with Crippen LogP contribution in [0.15, 0.2) is 77.3 Å². The lowest BCUT2D eigenvalue weighted by Gasteiger charge is -2.05. The molecule has 2 heterocycles.